The lowest BCUT2D eigenvalue weighted by Crippen LogP contribution is -2.46. The third-order valence-electron chi connectivity index (χ3n) is 5.85. The van der Waals surface area contributed by atoms with Crippen LogP contribution in [0.5, 0.6) is 0 Å². The zero-order valence-corrected chi connectivity index (χ0v) is 13.1. The summed E-state index contributed by atoms with van der Waals surface area (Å²) in [4.78, 5) is 2.80. The number of hydrogen-bond acceptors (Lipinski definition) is 2. The number of aryl methyl sites for hydroxylation is 1. The largest absolute Gasteiger partial charge is 0.385 e. The van der Waals surface area contributed by atoms with Crippen molar-refractivity contribution in [2.45, 2.75) is 64.0 Å². The van der Waals surface area contributed by atoms with Gasteiger partial charge in [-0.1, -0.05) is 25.0 Å². The zero-order valence-electron chi connectivity index (χ0n) is 13.1. The van der Waals surface area contributed by atoms with E-state index >= 15 is 0 Å². The molecule has 1 saturated carbocycles. The predicted octanol–water partition coefficient (Wildman–Crippen LogP) is 4.20. The number of anilines is 1. The molecule has 4 rings (SSSR count). The van der Waals surface area contributed by atoms with Crippen LogP contribution in [-0.4, -0.2) is 24.0 Å². The molecule has 1 aliphatic carbocycles. The van der Waals surface area contributed by atoms with Crippen LogP contribution in [0.4, 0.5) is 5.69 Å². The Morgan fingerprint density at radius 2 is 1.95 bits per heavy atom. The first-order valence-corrected chi connectivity index (χ1v) is 9.00. The maximum atomic E-state index is 3.53. The second kappa shape index (κ2) is 6.00. The minimum atomic E-state index is 0.877. The summed E-state index contributed by atoms with van der Waals surface area (Å²) in [5, 5.41) is 3.53. The molecule has 1 aromatic rings. The van der Waals surface area contributed by atoms with Crippen molar-refractivity contribution >= 4 is 5.69 Å². The van der Waals surface area contributed by atoms with Crippen molar-refractivity contribution < 1.29 is 0 Å². The lowest BCUT2D eigenvalue weighted by molar-refractivity contribution is 0.0547. The molecule has 2 nitrogen and oxygen atoms in total. The van der Waals surface area contributed by atoms with Crippen LogP contribution in [0.3, 0.4) is 0 Å². The highest BCUT2D eigenvalue weighted by molar-refractivity contribution is 5.54. The predicted molar refractivity (Wildman–Crippen MR) is 88.6 cm³/mol. The van der Waals surface area contributed by atoms with Crippen LogP contribution in [-0.2, 0) is 13.0 Å². The van der Waals surface area contributed by atoms with Gasteiger partial charge in [0.05, 0.1) is 0 Å². The van der Waals surface area contributed by atoms with Crippen molar-refractivity contribution in [3.8, 4) is 0 Å². The van der Waals surface area contributed by atoms with Crippen LogP contribution in [0.25, 0.3) is 0 Å². The molecule has 1 N–H and O–H groups in total. The minimum absolute atomic E-state index is 0.877. The molecule has 21 heavy (non-hydrogen) atoms. The quantitative estimate of drug-likeness (QED) is 0.875. The Morgan fingerprint density at radius 3 is 2.95 bits per heavy atom. The summed E-state index contributed by atoms with van der Waals surface area (Å²) in [5.41, 5.74) is 4.44. The molecule has 2 aliphatic heterocycles. The van der Waals surface area contributed by atoms with Crippen molar-refractivity contribution in [2.75, 3.05) is 18.4 Å². The number of nitrogens with one attached hydrogen (secondary N) is 1. The lowest BCUT2D eigenvalue weighted by Gasteiger charge is -2.44. The van der Waals surface area contributed by atoms with Gasteiger partial charge in [-0.25, -0.2) is 0 Å². The highest BCUT2D eigenvalue weighted by Crippen LogP contribution is 2.36. The highest BCUT2D eigenvalue weighted by Gasteiger charge is 2.32. The first-order valence-electron chi connectivity index (χ1n) is 9.00. The fourth-order valence-corrected chi connectivity index (χ4v) is 4.79. The molecule has 2 atom stereocenters. The van der Waals surface area contributed by atoms with Gasteiger partial charge >= 0.3 is 0 Å². The maximum Gasteiger partial charge on any atom is 0.0372 e. The summed E-state index contributed by atoms with van der Waals surface area (Å²) < 4.78 is 0. The topological polar surface area (TPSA) is 15.3 Å². The van der Waals surface area contributed by atoms with E-state index in [2.05, 4.69) is 28.4 Å². The SMILES string of the molecule is c1cc2c(cc1CN1CCCC3CCCCC31)CCCN2. The molecule has 2 unspecified atom stereocenters. The summed E-state index contributed by atoms with van der Waals surface area (Å²) in [6.07, 6.45) is 11.3. The Bertz CT molecular complexity index is 494. The second-order valence-corrected chi connectivity index (χ2v) is 7.25. The molecule has 0 aromatic heterocycles. The summed E-state index contributed by atoms with van der Waals surface area (Å²) in [5.74, 6) is 0.992. The molecular formula is C19H28N2. The Morgan fingerprint density at radius 1 is 1.05 bits per heavy atom. The van der Waals surface area contributed by atoms with E-state index in [1.54, 1.807) is 0 Å². The number of benzene rings is 1. The van der Waals surface area contributed by atoms with Crippen molar-refractivity contribution in [1.29, 1.82) is 0 Å². The van der Waals surface area contributed by atoms with Crippen LogP contribution in [0.1, 0.15) is 56.1 Å². The monoisotopic (exact) mass is 284 g/mol. The van der Waals surface area contributed by atoms with Gasteiger partial charge < -0.3 is 5.32 Å². The van der Waals surface area contributed by atoms with E-state index < -0.39 is 0 Å². The zero-order chi connectivity index (χ0) is 14.1. The average Bonchev–Trinajstić information content (AvgIpc) is 2.55. The molecule has 1 aromatic carbocycles. The van der Waals surface area contributed by atoms with Gasteiger partial charge in [-0.05, 0) is 68.2 Å². The lowest BCUT2D eigenvalue weighted by atomic mass is 9.78. The van der Waals surface area contributed by atoms with E-state index in [0.29, 0.717) is 0 Å². The van der Waals surface area contributed by atoms with E-state index in [-0.39, 0.29) is 0 Å². The van der Waals surface area contributed by atoms with Crippen LogP contribution in [0.2, 0.25) is 0 Å². The molecule has 3 aliphatic rings. The number of rotatable bonds is 2. The molecule has 2 fully saturated rings. The van der Waals surface area contributed by atoms with Gasteiger partial charge in [0.15, 0.2) is 0 Å². The Hall–Kier alpha value is -1.02. The van der Waals surface area contributed by atoms with Gasteiger partial charge in [-0.2, -0.15) is 0 Å². The van der Waals surface area contributed by atoms with Crippen molar-refractivity contribution in [3.05, 3.63) is 29.3 Å². The smallest absolute Gasteiger partial charge is 0.0372 e. The molecular weight excluding hydrogens is 256 g/mol. The first kappa shape index (κ1) is 13.6. The summed E-state index contributed by atoms with van der Waals surface area (Å²) >= 11 is 0. The van der Waals surface area contributed by atoms with E-state index in [9.17, 15) is 0 Å². The molecule has 0 amide bonds. The third-order valence-corrected chi connectivity index (χ3v) is 5.85. The Kier molecular flexibility index (Phi) is 3.89. The second-order valence-electron chi connectivity index (χ2n) is 7.25. The molecule has 0 spiro atoms. The number of likely N-dealkylation sites (tertiary alicyclic amines) is 1. The molecule has 2 heteroatoms. The van der Waals surface area contributed by atoms with Gasteiger partial charge in [0.25, 0.3) is 0 Å². The fourth-order valence-electron chi connectivity index (χ4n) is 4.79. The van der Waals surface area contributed by atoms with E-state index in [1.165, 1.54) is 81.3 Å². The van der Waals surface area contributed by atoms with Crippen molar-refractivity contribution in [3.63, 3.8) is 0 Å². The number of piperidine rings is 1. The molecule has 0 bridgehead atoms. The minimum Gasteiger partial charge on any atom is -0.385 e. The fraction of sp³-hybridized carbons (Fsp3) is 0.684. The third kappa shape index (κ3) is 2.83. The van der Waals surface area contributed by atoms with E-state index in [4.69, 9.17) is 0 Å². The van der Waals surface area contributed by atoms with E-state index in [1.807, 2.05) is 0 Å². The van der Waals surface area contributed by atoms with Gasteiger partial charge in [-0.3, -0.25) is 4.90 Å². The molecule has 1 saturated heterocycles. The average molecular weight is 284 g/mol. The van der Waals surface area contributed by atoms with Gasteiger partial charge in [-0.15, -0.1) is 0 Å². The maximum absolute atomic E-state index is 3.53. The van der Waals surface area contributed by atoms with Crippen LogP contribution < -0.4 is 5.32 Å². The van der Waals surface area contributed by atoms with Crippen molar-refractivity contribution in [1.82, 2.24) is 4.90 Å². The molecule has 2 heterocycles. The van der Waals surface area contributed by atoms with Crippen LogP contribution >= 0.6 is 0 Å². The van der Waals surface area contributed by atoms with Gasteiger partial charge in [0.1, 0.15) is 0 Å². The highest BCUT2D eigenvalue weighted by atomic mass is 15.2. The van der Waals surface area contributed by atoms with Crippen LogP contribution in [0.15, 0.2) is 18.2 Å². The van der Waals surface area contributed by atoms with Gasteiger partial charge in [0.2, 0.25) is 0 Å². The normalized spacial score (nSPS) is 29.3. The number of hydrogen-bond donors (Lipinski definition) is 1. The van der Waals surface area contributed by atoms with Crippen molar-refractivity contribution in [2.24, 2.45) is 5.92 Å². The number of nitrogens with zero attached hydrogens (tertiary/aromatic N) is 1. The molecule has 0 radical (unpaired) electrons. The Labute approximate surface area is 128 Å². The standard InChI is InChI=1S/C19H28N2/c1-2-8-19-16(5-1)7-4-12-21(19)14-15-9-10-18-17(13-15)6-3-11-20-18/h9-10,13,16,19-20H,1-8,11-12,14H2. The van der Waals surface area contributed by atoms with E-state index in [0.717, 1.165) is 18.5 Å². The van der Waals surface area contributed by atoms with Gasteiger partial charge in [0, 0.05) is 24.8 Å². The summed E-state index contributed by atoms with van der Waals surface area (Å²) in [7, 11) is 0. The van der Waals surface area contributed by atoms with Crippen LogP contribution in [0, 0.1) is 5.92 Å². The first-order chi connectivity index (χ1) is 10.4. The summed E-state index contributed by atoms with van der Waals surface area (Å²) in [6.45, 7) is 3.63. The summed E-state index contributed by atoms with van der Waals surface area (Å²) in [6, 6.07) is 8.01. The Balaban J connectivity index is 1.49. The molecule has 114 valence electrons. The number of fused-ring (bicyclic) bond motifs is 2.